The molecule has 6 nitrogen and oxygen atoms in total. The Kier molecular flexibility index (Phi) is 6.87. The van der Waals surface area contributed by atoms with E-state index in [1.807, 2.05) is 0 Å². The number of rotatable bonds is 6. The maximum absolute atomic E-state index is 14.4. The van der Waals surface area contributed by atoms with Crippen molar-refractivity contribution in [2.45, 2.75) is 71.2 Å². The van der Waals surface area contributed by atoms with Gasteiger partial charge in [-0.05, 0) is 66.2 Å². The lowest BCUT2D eigenvalue weighted by molar-refractivity contribution is 0.000368. The maximum atomic E-state index is 14.4. The Bertz CT molecular complexity index is 786. The summed E-state index contributed by atoms with van der Waals surface area (Å²) >= 11 is 0. The summed E-state index contributed by atoms with van der Waals surface area (Å²) in [6.45, 7) is 11.0. The highest BCUT2D eigenvalue weighted by molar-refractivity contribution is 7.90. The van der Waals surface area contributed by atoms with Crippen molar-refractivity contribution in [1.29, 1.82) is 0 Å². The molecule has 1 rings (SSSR count). The van der Waals surface area contributed by atoms with Gasteiger partial charge < -0.3 is 0 Å². The first-order valence-electron chi connectivity index (χ1n) is 8.07. The Hall–Kier alpha value is -0.790. The molecule has 0 saturated carbocycles. The van der Waals surface area contributed by atoms with Gasteiger partial charge >= 0.3 is 7.82 Å². The number of hydrogen-bond donors (Lipinski definition) is 0. The highest BCUT2D eigenvalue weighted by Gasteiger charge is 2.37. The van der Waals surface area contributed by atoms with Crippen LogP contribution in [0, 0.1) is 12.7 Å². The molecule has 0 atom stereocenters. The van der Waals surface area contributed by atoms with Gasteiger partial charge in [-0.15, -0.1) is 0 Å². The van der Waals surface area contributed by atoms with Crippen molar-refractivity contribution >= 4 is 17.7 Å². The lowest BCUT2D eigenvalue weighted by Crippen LogP contribution is -2.24. The number of halogens is 1. The van der Waals surface area contributed by atoms with Crippen molar-refractivity contribution < 1.29 is 30.9 Å². The molecule has 0 aliphatic rings. The molecule has 0 N–H and O–H groups in total. The van der Waals surface area contributed by atoms with E-state index in [0.29, 0.717) is 5.56 Å². The van der Waals surface area contributed by atoms with Crippen LogP contribution >= 0.6 is 7.82 Å². The van der Waals surface area contributed by atoms with Crippen LogP contribution in [0.5, 0.6) is 0 Å². The zero-order valence-corrected chi connectivity index (χ0v) is 18.3. The van der Waals surface area contributed by atoms with Crippen LogP contribution in [0.3, 0.4) is 0 Å². The zero-order valence-electron chi connectivity index (χ0n) is 16.5. The second-order valence-corrected chi connectivity index (χ2v) is 11.6. The van der Waals surface area contributed by atoms with E-state index in [9.17, 15) is 17.4 Å². The normalized spacial score (nSPS) is 13.9. The fourth-order valence-corrected chi connectivity index (χ4v) is 4.87. The number of benzene rings is 1. The minimum Gasteiger partial charge on any atom is -0.282 e. The van der Waals surface area contributed by atoms with Crippen LogP contribution < -0.4 is 0 Å². The molecule has 150 valence electrons. The molecular weight excluding hydrogens is 382 g/mol. The first-order chi connectivity index (χ1) is 11.4. The quantitative estimate of drug-likeness (QED) is 0.627. The van der Waals surface area contributed by atoms with Crippen molar-refractivity contribution in [2.24, 2.45) is 0 Å². The van der Waals surface area contributed by atoms with Crippen LogP contribution in [0.1, 0.15) is 52.7 Å². The Balaban J connectivity index is 3.27. The second kappa shape index (κ2) is 7.68. The van der Waals surface area contributed by atoms with Crippen molar-refractivity contribution in [1.82, 2.24) is 0 Å². The first-order valence-corrected chi connectivity index (χ1v) is 11.4. The van der Waals surface area contributed by atoms with E-state index in [2.05, 4.69) is 0 Å². The molecule has 9 heteroatoms. The molecule has 0 radical (unpaired) electrons. The standard InChI is InChI=1S/C17H28FO6PS/c1-12-9-14(18)13(15(10-12)26(8,20)21)11-22-25(19,23-16(2,3)4)24-17(5,6)7/h9-10H,11H2,1-8H3. The van der Waals surface area contributed by atoms with Gasteiger partial charge in [0.2, 0.25) is 0 Å². The van der Waals surface area contributed by atoms with Gasteiger partial charge in [0.25, 0.3) is 0 Å². The summed E-state index contributed by atoms with van der Waals surface area (Å²) in [5.41, 5.74) is -1.47. The number of sulfone groups is 1. The molecule has 1 aromatic rings. The summed E-state index contributed by atoms with van der Waals surface area (Å²) in [4.78, 5) is -0.215. The van der Waals surface area contributed by atoms with Crippen LogP contribution in [-0.2, 0) is 34.6 Å². The third kappa shape index (κ3) is 7.45. The molecule has 0 spiro atoms. The average molecular weight is 410 g/mol. The maximum Gasteiger partial charge on any atom is 0.476 e. The average Bonchev–Trinajstić information content (AvgIpc) is 2.30. The molecule has 0 heterocycles. The van der Waals surface area contributed by atoms with Crippen LogP contribution in [-0.4, -0.2) is 25.9 Å². The van der Waals surface area contributed by atoms with E-state index in [0.717, 1.165) is 6.26 Å². The number of phosphoric acid groups is 1. The molecule has 0 bridgehead atoms. The third-order valence-electron chi connectivity index (χ3n) is 2.84. The smallest absolute Gasteiger partial charge is 0.282 e. The Morgan fingerprint density at radius 2 is 1.50 bits per heavy atom. The molecule has 1 aromatic carbocycles. The monoisotopic (exact) mass is 410 g/mol. The Labute approximate surface area is 155 Å². The number of aryl methyl sites for hydroxylation is 1. The van der Waals surface area contributed by atoms with Crippen LogP contribution in [0.15, 0.2) is 17.0 Å². The van der Waals surface area contributed by atoms with Crippen LogP contribution in [0.4, 0.5) is 4.39 Å². The Morgan fingerprint density at radius 1 is 1.04 bits per heavy atom. The number of phosphoric ester groups is 1. The topological polar surface area (TPSA) is 78.9 Å². The molecule has 0 amide bonds. The molecule has 0 aromatic heterocycles. The fourth-order valence-electron chi connectivity index (χ4n) is 2.10. The fraction of sp³-hybridized carbons (Fsp3) is 0.647. The van der Waals surface area contributed by atoms with Crippen LogP contribution in [0.2, 0.25) is 0 Å². The second-order valence-electron chi connectivity index (χ2n) is 8.12. The predicted molar refractivity (Wildman–Crippen MR) is 98.3 cm³/mol. The first kappa shape index (κ1) is 23.2. The van der Waals surface area contributed by atoms with Gasteiger partial charge in [-0.3, -0.25) is 13.6 Å². The zero-order chi connectivity index (χ0) is 20.6. The van der Waals surface area contributed by atoms with E-state index in [1.165, 1.54) is 12.1 Å². The van der Waals surface area contributed by atoms with E-state index in [-0.39, 0.29) is 10.5 Å². The van der Waals surface area contributed by atoms with Crippen LogP contribution in [0.25, 0.3) is 0 Å². The largest absolute Gasteiger partial charge is 0.476 e. The van der Waals surface area contributed by atoms with E-state index in [4.69, 9.17) is 13.6 Å². The van der Waals surface area contributed by atoms with Crippen molar-refractivity contribution in [2.75, 3.05) is 6.26 Å². The summed E-state index contributed by atoms with van der Waals surface area (Å²) in [6, 6.07) is 2.53. The lowest BCUT2D eigenvalue weighted by atomic mass is 10.1. The van der Waals surface area contributed by atoms with Crippen molar-refractivity contribution in [3.8, 4) is 0 Å². The molecular formula is C17H28FO6PS. The van der Waals surface area contributed by atoms with E-state index < -0.39 is 41.3 Å². The molecule has 26 heavy (non-hydrogen) atoms. The predicted octanol–water partition coefficient (Wildman–Crippen LogP) is 4.79. The molecule has 0 fully saturated rings. The summed E-state index contributed by atoms with van der Waals surface area (Å²) in [5, 5.41) is 0. The summed E-state index contributed by atoms with van der Waals surface area (Å²) in [7, 11) is -7.80. The lowest BCUT2D eigenvalue weighted by Gasteiger charge is -2.31. The molecule has 0 aliphatic heterocycles. The van der Waals surface area contributed by atoms with Gasteiger partial charge in [0.05, 0.1) is 22.7 Å². The minimum absolute atomic E-state index is 0.214. The van der Waals surface area contributed by atoms with E-state index >= 15 is 0 Å². The third-order valence-corrected chi connectivity index (χ3v) is 5.99. The number of hydrogen-bond acceptors (Lipinski definition) is 6. The Morgan fingerprint density at radius 3 is 1.88 bits per heavy atom. The van der Waals surface area contributed by atoms with Crippen molar-refractivity contribution in [3.05, 3.63) is 29.1 Å². The SMILES string of the molecule is Cc1cc(F)c(COP(=O)(OC(C)(C)C)OC(C)(C)C)c(S(C)(=O)=O)c1. The van der Waals surface area contributed by atoms with Gasteiger partial charge in [0, 0.05) is 11.8 Å². The van der Waals surface area contributed by atoms with E-state index in [1.54, 1.807) is 48.5 Å². The minimum atomic E-state index is -4.09. The highest BCUT2D eigenvalue weighted by atomic mass is 32.2. The summed E-state index contributed by atoms with van der Waals surface area (Å²) in [5.74, 6) is -0.761. The molecule has 0 saturated heterocycles. The van der Waals surface area contributed by atoms with Gasteiger partial charge in [-0.2, -0.15) is 0 Å². The highest BCUT2D eigenvalue weighted by Crippen LogP contribution is 2.56. The van der Waals surface area contributed by atoms with Gasteiger partial charge in [0.1, 0.15) is 5.82 Å². The van der Waals surface area contributed by atoms with Gasteiger partial charge in [0.15, 0.2) is 9.84 Å². The van der Waals surface area contributed by atoms with Crippen molar-refractivity contribution in [3.63, 3.8) is 0 Å². The molecule has 0 unspecified atom stereocenters. The summed E-state index contributed by atoms with van der Waals surface area (Å²) in [6.07, 6.45) is 0.974. The van der Waals surface area contributed by atoms with Gasteiger partial charge in [-0.25, -0.2) is 17.4 Å². The summed E-state index contributed by atoms with van der Waals surface area (Å²) < 4.78 is 67.6. The molecule has 0 aliphatic carbocycles. The van der Waals surface area contributed by atoms with Gasteiger partial charge in [-0.1, -0.05) is 0 Å².